The second-order valence-electron chi connectivity index (χ2n) is 4.92. The predicted octanol–water partition coefficient (Wildman–Crippen LogP) is 2.33. The van der Waals surface area contributed by atoms with E-state index in [2.05, 4.69) is 24.4 Å². The lowest BCUT2D eigenvalue weighted by molar-refractivity contribution is -0.149. The molecule has 0 spiro atoms. The van der Waals surface area contributed by atoms with Crippen LogP contribution < -0.4 is 5.32 Å². The van der Waals surface area contributed by atoms with E-state index in [4.69, 9.17) is 4.74 Å². The first-order valence-corrected chi connectivity index (χ1v) is 6.67. The van der Waals surface area contributed by atoms with Gasteiger partial charge in [0.2, 0.25) is 0 Å². The van der Waals surface area contributed by atoms with Gasteiger partial charge in [0.25, 0.3) is 0 Å². The highest BCUT2D eigenvalue weighted by atomic mass is 16.5. The first-order chi connectivity index (χ1) is 8.72. The number of hydrogen-bond acceptors (Lipinski definition) is 3. The summed E-state index contributed by atoms with van der Waals surface area (Å²) in [5.74, 6) is 0.121. The molecule has 1 N–H and O–H groups in total. The van der Waals surface area contributed by atoms with Crippen molar-refractivity contribution in [3.63, 3.8) is 0 Å². The van der Waals surface area contributed by atoms with Crippen molar-refractivity contribution in [1.82, 2.24) is 5.32 Å². The van der Waals surface area contributed by atoms with Crippen molar-refractivity contribution in [1.29, 1.82) is 0 Å². The SMILES string of the molecule is CCOC(=O)C1CNC(C)CC1c1ccccc1. The molecule has 1 aromatic carbocycles. The molecule has 0 aromatic heterocycles. The minimum Gasteiger partial charge on any atom is -0.466 e. The molecule has 0 saturated carbocycles. The Labute approximate surface area is 109 Å². The van der Waals surface area contributed by atoms with Crippen molar-refractivity contribution in [2.45, 2.75) is 32.2 Å². The molecule has 18 heavy (non-hydrogen) atoms. The number of carbonyl (C=O) groups is 1. The van der Waals surface area contributed by atoms with Gasteiger partial charge >= 0.3 is 5.97 Å². The number of nitrogens with one attached hydrogen (secondary N) is 1. The van der Waals surface area contributed by atoms with Crippen LogP contribution in [0.2, 0.25) is 0 Å². The largest absolute Gasteiger partial charge is 0.466 e. The molecule has 0 radical (unpaired) electrons. The van der Waals surface area contributed by atoms with E-state index in [0.717, 1.165) is 6.42 Å². The Morgan fingerprint density at radius 3 is 2.78 bits per heavy atom. The fourth-order valence-corrected chi connectivity index (χ4v) is 2.66. The molecule has 3 unspecified atom stereocenters. The quantitative estimate of drug-likeness (QED) is 0.833. The lowest BCUT2D eigenvalue weighted by Crippen LogP contribution is -2.45. The molecular formula is C15H21NO2. The zero-order chi connectivity index (χ0) is 13.0. The van der Waals surface area contributed by atoms with E-state index in [1.807, 2.05) is 25.1 Å². The topological polar surface area (TPSA) is 38.3 Å². The number of carbonyl (C=O) groups excluding carboxylic acids is 1. The Morgan fingerprint density at radius 2 is 2.11 bits per heavy atom. The molecule has 1 heterocycles. The molecule has 1 aliphatic rings. The molecule has 0 bridgehead atoms. The zero-order valence-electron chi connectivity index (χ0n) is 11.1. The van der Waals surface area contributed by atoms with Crippen molar-refractivity contribution < 1.29 is 9.53 Å². The van der Waals surface area contributed by atoms with Gasteiger partial charge < -0.3 is 10.1 Å². The average molecular weight is 247 g/mol. The molecule has 0 aliphatic carbocycles. The highest BCUT2D eigenvalue weighted by Crippen LogP contribution is 2.33. The average Bonchev–Trinajstić information content (AvgIpc) is 2.40. The lowest BCUT2D eigenvalue weighted by Gasteiger charge is -2.34. The van der Waals surface area contributed by atoms with Crippen LogP contribution in [0.1, 0.15) is 31.7 Å². The first-order valence-electron chi connectivity index (χ1n) is 6.67. The van der Waals surface area contributed by atoms with Gasteiger partial charge in [-0.1, -0.05) is 30.3 Å². The summed E-state index contributed by atoms with van der Waals surface area (Å²) < 4.78 is 5.19. The standard InChI is InChI=1S/C15H21NO2/c1-3-18-15(17)14-10-16-11(2)9-13(14)12-7-5-4-6-8-12/h4-8,11,13-14,16H,3,9-10H2,1-2H3. The number of benzene rings is 1. The van der Waals surface area contributed by atoms with Gasteiger partial charge in [0.05, 0.1) is 12.5 Å². The van der Waals surface area contributed by atoms with Crippen molar-refractivity contribution in [3.8, 4) is 0 Å². The molecule has 2 rings (SSSR count). The summed E-state index contributed by atoms with van der Waals surface area (Å²) in [6.07, 6.45) is 0.980. The van der Waals surface area contributed by atoms with Gasteiger partial charge in [-0.3, -0.25) is 4.79 Å². The van der Waals surface area contributed by atoms with E-state index in [9.17, 15) is 4.79 Å². The minimum atomic E-state index is -0.0780. The fourth-order valence-electron chi connectivity index (χ4n) is 2.66. The number of hydrogen-bond donors (Lipinski definition) is 1. The molecule has 1 saturated heterocycles. The monoisotopic (exact) mass is 247 g/mol. The maximum absolute atomic E-state index is 12.0. The molecule has 3 atom stereocenters. The summed E-state index contributed by atoms with van der Waals surface area (Å²) in [4.78, 5) is 12.0. The van der Waals surface area contributed by atoms with Crippen molar-refractivity contribution in [2.75, 3.05) is 13.2 Å². The predicted molar refractivity (Wildman–Crippen MR) is 71.4 cm³/mol. The van der Waals surface area contributed by atoms with Crippen molar-refractivity contribution in [3.05, 3.63) is 35.9 Å². The van der Waals surface area contributed by atoms with Crippen LogP contribution in [0.25, 0.3) is 0 Å². The first kappa shape index (κ1) is 13.1. The third-order valence-electron chi connectivity index (χ3n) is 3.60. The Balaban J connectivity index is 2.19. The van der Waals surface area contributed by atoms with Crippen molar-refractivity contribution in [2.24, 2.45) is 5.92 Å². The summed E-state index contributed by atoms with van der Waals surface area (Å²) in [6, 6.07) is 10.7. The van der Waals surface area contributed by atoms with Crippen molar-refractivity contribution >= 4 is 5.97 Å². The molecule has 1 fully saturated rings. The molecule has 1 aliphatic heterocycles. The fraction of sp³-hybridized carbons (Fsp3) is 0.533. The summed E-state index contributed by atoms with van der Waals surface area (Å²) in [7, 11) is 0. The lowest BCUT2D eigenvalue weighted by atomic mass is 9.79. The highest BCUT2D eigenvalue weighted by Gasteiger charge is 2.35. The second-order valence-corrected chi connectivity index (χ2v) is 4.92. The van der Waals surface area contributed by atoms with E-state index in [-0.39, 0.29) is 17.8 Å². The molecule has 98 valence electrons. The van der Waals surface area contributed by atoms with Crippen LogP contribution in [0.5, 0.6) is 0 Å². The summed E-state index contributed by atoms with van der Waals surface area (Å²) in [5.41, 5.74) is 1.24. The number of esters is 1. The van der Waals surface area contributed by atoms with Crippen LogP contribution in [0.4, 0.5) is 0 Å². The normalized spacial score (nSPS) is 27.8. The Morgan fingerprint density at radius 1 is 1.39 bits per heavy atom. The van der Waals surface area contributed by atoms with Gasteiger partial charge in [-0.2, -0.15) is 0 Å². The van der Waals surface area contributed by atoms with Gasteiger partial charge in [-0.05, 0) is 31.7 Å². The summed E-state index contributed by atoms with van der Waals surface area (Å²) in [6.45, 7) is 5.18. The van der Waals surface area contributed by atoms with E-state index < -0.39 is 0 Å². The van der Waals surface area contributed by atoms with Crippen LogP contribution in [0.3, 0.4) is 0 Å². The summed E-state index contributed by atoms with van der Waals surface area (Å²) >= 11 is 0. The van der Waals surface area contributed by atoms with Gasteiger partial charge in [0.15, 0.2) is 0 Å². The number of rotatable bonds is 3. The van der Waals surface area contributed by atoms with Crippen LogP contribution >= 0.6 is 0 Å². The van der Waals surface area contributed by atoms with E-state index >= 15 is 0 Å². The molecular weight excluding hydrogens is 226 g/mol. The van der Waals surface area contributed by atoms with Gasteiger partial charge in [0.1, 0.15) is 0 Å². The smallest absolute Gasteiger partial charge is 0.310 e. The second kappa shape index (κ2) is 6.01. The number of piperidine rings is 1. The van der Waals surface area contributed by atoms with Crippen LogP contribution in [0, 0.1) is 5.92 Å². The maximum atomic E-state index is 12.0. The van der Waals surface area contributed by atoms with Gasteiger partial charge in [-0.15, -0.1) is 0 Å². The summed E-state index contributed by atoms with van der Waals surface area (Å²) in [5, 5.41) is 3.37. The molecule has 0 amide bonds. The minimum absolute atomic E-state index is 0.0662. The maximum Gasteiger partial charge on any atom is 0.310 e. The Hall–Kier alpha value is -1.35. The molecule has 3 heteroatoms. The zero-order valence-corrected chi connectivity index (χ0v) is 11.1. The molecule has 1 aromatic rings. The van der Waals surface area contributed by atoms with Crippen LogP contribution in [0.15, 0.2) is 30.3 Å². The van der Waals surface area contributed by atoms with Gasteiger partial charge in [0, 0.05) is 12.6 Å². The Kier molecular flexibility index (Phi) is 4.37. The van der Waals surface area contributed by atoms with Crippen LogP contribution in [-0.4, -0.2) is 25.2 Å². The highest BCUT2D eigenvalue weighted by molar-refractivity contribution is 5.74. The molecule has 3 nitrogen and oxygen atoms in total. The van der Waals surface area contributed by atoms with E-state index in [1.165, 1.54) is 5.56 Å². The van der Waals surface area contributed by atoms with Crippen LogP contribution in [-0.2, 0) is 9.53 Å². The Bertz CT molecular complexity index is 391. The number of ether oxygens (including phenoxy) is 1. The third-order valence-corrected chi connectivity index (χ3v) is 3.60. The van der Waals surface area contributed by atoms with E-state index in [0.29, 0.717) is 19.2 Å². The van der Waals surface area contributed by atoms with E-state index in [1.54, 1.807) is 0 Å². The third kappa shape index (κ3) is 2.91. The van der Waals surface area contributed by atoms with Gasteiger partial charge in [-0.25, -0.2) is 0 Å².